The number of nitrogens with zero attached hydrogens (tertiary/aromatic N) is 3. The Bertz CT molecular complexity index is 846. The van der Waals surface area contributed by atoms with Gasteiger partial charge in [-0.2, -0.15) is 13.2 Å². The minimum absolute atomic E-state index is 0.138. The second kappa shape index (κ2) is 5.67. The molecule has 0 radical (unpaired) electrons. The number of aromatic nitrogens is 2. The summed E-state index contributed by atoms with van der Waals surface area (Å²) in [7, 11) is 0. The van der Waals surface area contributed by atoms with E-state index in [1.165, 1.54) is 23.2 Å². The topological polar surface area (TPSA) is 63.9 Å². The number of anilines is 1. The van der Waals surface area contributed by atoms with Crippen LogP contribution < -0.4 is 4.90 Å². The van der Waals surface area contributed by atoms with Crippen molar-refractivity contribution in [1.29, 1.82) is 0 Å². The highest BCUT2D eigenvalue weighted by Gasteiger charge is 2.43. The first kappa shape index (κ1) is 17.1. The summed E-state index contributed by atoms with van der Waals surface area (Å²) in [4.78, 5) is 27.7. The molecule has 1 saturated heterocycles. The van der Waals surface area contributed by atoms with E-state index in [0.29, 0.717) is 5.69 Å². The summed E-state index contributed by atoms with van der Waals surface area (Å²) in [5.74, 6) is -6.95. The molecule has 2 aromatic heterocycles. The van der Waals surface area contributed by atoms with Crippen molar-refractivity contribution in [2.75, 3.05) is 18.0 Å². The Labute approximate surface area is 136 Å². The number of carbonyl (C=O) groups is 2. The third-order valence-corrected chi connectivity index (χ3v) is 3.66. The highest BCUT2D eigenvalue weighted by Crippen LogP contribution is 2.31. The number of imidazole rings is 1. The van der Waals surface area contributed by atoms with E-state index < -0.39 is 36.3 Å². The van der Waals surface area contributed by atoms with Crippen LogP contribution in [0.5, 0.6) is 0 Å². The lowest BCUT2D eigenvalue weighted by molar-refractivity contribution is -0.193. The SMILES string of the molecule is O=C(OC(=O)C(F)(F)F)c1cnc2cc(N3CCC(F)(F)C3)ccn12. The summed E-state index contributed by atoms with van der Waals surface area (Å²) < 4.78 is 67.8. The monoisotopic (exact) mass is 363 g/mol. The maximum Gasteiger partial charge on any atom is 0.491 e. The zero-order valence-corrected chi connectivity index (χ0v) is 12.4. The highest BCUT2D eigenvalue weighted by atomic mass is 19.4. The molecule has 1 aliphatic rings. The van der Waals surface area contributed by atoms with Crippen molar-refractivity contribution in [3.05, 3.63) is 30.2 Å². The smallest absolute Gasteiger partial charge is 0.381 e. The van der Waals surface area contributed by atoms with Gasteiger partial charge in [0.2, 0.25) is 0 Å². The molecule has 0 aromatic carbocycles. The number of rotatable bonds is 2. The molecule has 134 valence electrons. The molecule has 0 N–H and O–H groups in total. The maximum absolute atomic E-state index is 13.3. The van der Waals surface area contributed by atoms with Crippen LogP contribution in [0.25, 0.3) is 5.65 Å². The summed E-state index contributed by atoms with van der Waals surface area (Å²) in [6.07, 6.45) is -3.37. The number of esters is 2. The van der Waals surface area contributed by atoms with Crippen molar-refractivity contribution in [1.82, 2.24) is 9.38 Å². The number of halogens is 5. The second-order valence-corrected chi connectivity index (χ2v) is 5.46. The van der Waals surface area contributed by atoms with E-state index in [4.69, 9.17) is 0 Å². The van der Waals surface area contributed by atoms with E-state index in [-0.39, 0.29) is 18.6 Å². The standard InChI is InChI=1S/C14H10F5N3O3/c15-13(16)2-4-21(7-13)8-1-3-22-9(6-20-10(22)5-8)11(23)25-12(24)14(17,18)19/h1,3,5-6H,2,4,7H2. The van der Waals surface area contributed by atoms with Crippen LogP contribution >= 0.6 is 0 Å². The average molecular weight is 363 g/mol. The number of hydrogen-bond acceptors (Lipinski definition) is 5. The third kappa shape index (κ3) is 3.39. The Balaban J connectivity index is 1.83. The van der Waals surface area contributed by atoms with Crippen LogP contribution in [0.15, 0.2) is 24.5 Å². The summed E-state index contributed by atoms with van der Waals surface area (Å²) in [5, 5.41) is 0. The predicted octanol–water partition coefficient (Wildman–Crippen LogP) is 2.43. The first-order chi connectivity index (χ1) is 11.6. The normalized spacial score (nSPS) is 17.1. The van der Waals surface area contributed by atoms with Gasteiger partial charge >= 0.3 is 18.1 Å². The number of alkyl halides is 5. The van der Waals surface area contributed by atoms with Crippen LogP contribution in [0.3, 0.4) is 0 Å². The van der Waals surface area contributed by atoms with E-state index in [2.05, 4.69) is 9.72 Å². The number of carbonyl (C=O) groups excluding carboxylic acids is 2. The van der Waals surface area contributed by atoms with Crippen molar-refractivity contribution in [2.45, 2.75) is 18.5 Å². The summed E-state index contributed by atoms with van der Waals surface area (Å²) in [6.45, 7) is -0.322. The fourth-order valence-corrected chi connectivity index (χ4v) is 2.47. The first-order valence-electron chi connectivity index (χ1n) is 7.00. The number of pyridine rings is 1. The molecule has 0 bridgehead atoms. The van der Waals surface area contributed by atoms with Gasteiger partial charge in [-0.25, -0.2) is 23.4 Å². The lowest BCUT2D eigenvalue weighted by atomic mass is 10.3. The highest BCUT2D eigenvalue weighted by molar-refractivity contribution is 5.97. The van der Waals surface area contributed by atoms with Crippen molar-refractivity contribution in [2.24, 2.45) is 0 Å². The maximum atomic E-state index is 13.3. The molecule has 11 heteroatoms. The zero-order valence-electron chi connectivity index (χ0n) is 12.4. The number of fused-ring (bicyclic) bond motifs is 1. The molecule has 1 aliphatic heterocycles. The molecule has 6 nitrogen and oxygen atoms in total. The first-order valence-corrected chi connectivity index (χ1v) is 7.00. The van der Waals surface area contributed by atoms with E-state index in [1.807, 2.05) is 0 Å². The van der Waals surface area contributed by atoms with Gasteiger partial charge in [0.25, 0.3) is 5.92 Å². The molecule has 0 aliphatic carbocycles. The van der Waals surface area contributed by atoms with E-state index in [0.717, 1.165) is 10.6 Å². The lowest BCUT2D eigenvalue weighted by Crippen LogP contribution is -2.28. The molecule has 0 amide bonds. The van der Waals surface area contributed by atoms with Gasteiger partial charge in [-0.05, 0) is 6.07 Å². The Hall–Kier alpha value is -2.72. The molecule has 0 saturated carbocycles. The van der Waals surface area contributed by atoms with Gasteiger partial charge in [0.05, 0.1) is 12.7 Å². The Morgan fingerprint density at radius 3 is 2.60 bits per heavy atom. The van der Waals surface area contributed by atoms with Crippen LogP contribution in [-0.2, 0) is 9.53 Å². The molecule has 3 rings (SSSR count). The Kier molecular flexibility index (Phi) is 3.88. The zero-order chi connectivity index (χ0) is 18.4. The van der Waals surface area contributed by atoms with Gasteiger partial charge in [-0.15, -0.1) is 0 Å². The molecule has 0 unspecified atom stereocenters. The molecule has 2 aromatic rings. The summed E-state index contributed by atoms with van der Waals surface area (Å²) >= 11 is 0. The van der Waals surface area contributed by atoms with Gasteiger partial charge < -0.3 is 9.64 Å². The van der Waals surface area contributed by atoms with Crippen LogP contribution in [0, 0.1) is 0 Å². The molecular formula is C14H10F5N3O3. The van der Waals surface area contributed by atoms with Gasteiger partial charge in [0, 0.05) is 30.9 Å². The van der Waals surface area contributed by atoms with Crippen LogP contribution in [0.4, 0.5) is 27.6 Å². The minimum Gasteiger partial charge on any atom is -0.381 e. The largest absolute Gasteiger partial charge is 0.491 e. The third-order valence-electron chi connectivity index (χ3n) is 3.66. The predicted molar refractivity (Wildman–Crippen MR) is 73.4 cm³/mol. The van der Waals surface area contributed by atoms with Crippen LogP contribution in [-0.4, -0.2) is 46.5 Å². The van der Waals surface area contributed by atoms with Crippen molar-refractivity contribution < 1.29 is 36.3 Å². The summed E-state index contributed by atoms with van der Waals surface area (Å²) in [5.41, 5.74) is 0.173. The second-order valence-electron chi connectivity index (χ2n) is 5.46. The minimum atomic E-state index is -5.30. The Morgan fingerprint density at radius 1 is 1.28 bits per heavy atom. The number of hydrogen-bond donors (Lipinski definition) is 0. The van der Waals surface area contributed by atoms with E-state index in [1.54, 1.807) is 0 Å². The van der Waals surface area contributed by atoms with Crippen LogP contribution in [0.2, 0.25) is 0 Å². The summed E-state index contributed by atoms with van der Waals surface area (Å²) in [6, 6.07) is 2.82. The molecule has 0 atom stereocenters. The Morgan fingerprint density at radius 2 is 2.00 bits per heavy atom. The molecule has 3 heterocycles. The quantitative estimate of drug-likeness (QED) is 0.466. The molecule has 0 spiro atoms. The van der Waals surface area contributed by atoms with Crippen LogP contribution in [0.1, 0.15) is 16.9 Å². The fourth-order valence-electron chi connectivity index (χ4n) is 2.47. The van der Waals surface area contributed by atoms with Gasteiger partial charge in [0.15, 0.2) is 5.69 Å². The molecule has 1 fully saturated rings. The number of ether oxygens (including phenoxy) is 1. The lowest BCUT2D eigenvalue weighted by Gasteiger charge is -2.18. The average Bonchev–Trinajstić information content (AvgIpc) is 3.08. The fraction of sp³-hybridized carbons (Fsp3) is 0.357. The molecular weight excluding hydrogens is 353 g/mol. The molecule has 25 heavy (non-hydrogen) atoms. The van der Waals surface area contributed by atoms with E-state index >= 15 is 0 Å². The van der Waals surface area contributed by atoms with E-state index in [9.17, 15) is 31.5 Å². The van der Waals surface area contributed by atoms with Gasteiger partial charge in [-0.3, -0.25) is 4.40 Å². The van der Waals surface area contributed by atoms with Crippen molar-refractivity contribution in [3.63, 3.8) is 0 Å². The van der Waals surface area contributed by atoms with Crippen molar-refractivity contribution in [3.8, 4) is 0 Å². The van der Waals surface area contributed by atoms with Crippen molar-refractivity contribution >= 4 is 23.3 Å². The van der Waals surface area contributed by atoms with Gasteiger partial charge in [-0.1, -0.05) is 0 Å². The van der Waals surface area contributed by atoms with Gasteiger partial charge in [0.1, 0.15) is 5.65 Å².